The highest BCUT2D eigenvalue weighted by molar-refractivity contribution is 6.13. The van der Waals surface area contributed by atoms with Crippen molar-refractivity contribution in [1.82, 2.24) is 24.9 Å². The van der Waals surface area contributed by atoms with Gasteiger partial charge >= 0.3 is 0 Å². The van der Waals surface area contributed by atoms with E-state index in [0.29, 0.717) is 11.8 Å². The van der Waals surface area contributed by atoms with Gasteiger partial charge in [0.2, 0.25) is 57.0 Å². The molecule has 0 saturated carbocycles. The average molecular weight is 1770 g/mol. The maximum atomic E-state index is 6.37. The number of pyridine rings is 10. The summed E-state index contributed by atoms with van der Waals surface area (Å²) >= 11 is 0. The van der Waals surface area contributed by atoms with E-state index in [4.69, 9.17) is 42.0 Å². The van der Waals surface area contributed by atoms with E-state index in [0.717, 1.165) is 192 Å². The smallest absolute Gasteiger partial charge is 0.227 e. The van der Waals surface area contributed by atoms with Crippen molar-refractivity contribution in [1.29, 1.82) is 0 Å². The fraction of sp³-hybridized carbons (Fsp3) is 0.322. The van der Waals surface area contributed by atoms with E-state index in [1.807, 2.05) is 0 Å². The largest absolute Gasteiger partial charge is 0.437 e. The molecule has 0 amide bonds. The SMILES string of the molecule is CCc1ccc2c(n1)oc1c(-c3cc(C)c(C)c[n+]3C)c(C)ccc12.Cc1cc(-c2c(C)ccc3c2oc2nc(C(C)(C)C)ccc23)[n+](C)cc1C.Cc1cc(-c2c(C)ccc3c2oc2nc(C(C)C)ccc23)[n+](C)cc1C.Cc1cc(-c2c(C)ccc3c2oc2nc(CC(C)(C)C)ccc23)[n+](C)cc1C.Cc1cc(-c2c(C)ccc3c2oc2nc(CC(C)C)ccc23)[n+](C)cc1C. The van der Waals surface area contributed by atoms with E-state index in [-0.39, 0.29) is 10.8 Å². The molecule has 20 rings (SSSR count). The van der Waals surface area contributed by atoms with Gasteiger partial charge in [0.25, 0.3) is 0 Å². The van der Waals surface area contributed by atoms with E-state index in [2.05, 4.69) is 426 Å². The lowest BCUT2D eigenvalue weighted by molar-refractivity contribution is -0.660. The van der Waals surface area contributed by atoms with Crippen molar-refractivity contribution in [3.8, 4) is 56.3 Å². The second-order valence-corrected chi connectivity index (χ2v) is 40.6. The number of hydrogen-bond donors (Lipinski definition) is 0. The minimum Gasteiger partial charge on any atom is -0.437 e. The lowest BCUT2D eigenvalue weighted by Crippen LogP contribution is -2.31. The maximum absolute atomic E-state index is 6.37. The third-order valence-corrected chi connectivity index (χ3v) is 26.8. The molecule has 0 aliphatic rings. The predicted octanol–water partition coefficient (Wildman–Crippen LogP) is 27.8. The lowest BCUT2D eigenvalue weighted by atomic mass is 9.90. The molecule has 20 aromatic rings. The zero-order valence-electron chi connectivity index (χ0n) is 84.1. The molecule has 0 atom stereocenters. The summed E-state index contributed by atoms with van der Waals surface area (Å²) in [7, 11) is 10.5. The Bertz CT molecular complexity index is 8020. The van der Waals surface area contributed by atoms with Gasteiger partial charge in [-0.05, 0) is 257 Å². The Morgan fingerprint density at radius 1 is 0.271 bits per heavy atom. The molecule has 0 spiro atoms. The van der Waals surface area contributed by atoms with Gasteiger partial charge in [0.15, 0.2) is 58.9 Å². The van der Waals surface area contributed by atoms with Crippen LogP contribution in [-0.4, -0.2) is 24.9 Å². The van der Waals surface area contributed by atoms with Crippen LogP contribution in [0.2, 0.25) is 0 Å². The molecule has 0 unspecified atom stereocenters. The number of rotatable bonds is 10. The Hall–Kier alpha value is -13.4. The van der Waals surface area contributed by atoms with E-state index in [9.17, 15) is 0 Å². The number of aryl methyl sites for hydroxylation is 21. The molecule has 0 N–H and O–H groups in total. The summed E-state index contributed by atoms with van der Waals surface area (Å²) in [5.41, 5.74) is 44.3. The van der Waals surface area contributed by atoms with Crippen LogP contribution in [0.3, 0.4) is 0 Å². The van der Waals surface area contributed by atoms with Crippen LogP contribution >= 0.6 is 0 Å². The first-order chi connectivity index (χ1) is 63.0. The summed E-state index contributed by atoms with van der Waals surface area (Å²) in [6, 6.07) is 54.2. The molecule has 15 nitrogen and oxygen atoms in total. The molecule has 0 radical (unpaired) electrons. The number of furan rings is 5. The highest BCUT2D eigenvalue weighted by Gasteiger charge is 2.31. The van der Waals surface area contributed by atoms with Crippen LogP contribution in [0, 0.1) is 115 Å². The summed E-state index contributed by atoms with van der Waals surface area (Å²) in [5, 5.41) is 11.0. The van der Waals surface area contributed by atoms with E-state index >= 15 is 0 Å². The molecule has 0 bridgehead atoms. The zero-order chi connectivity index (χ0) is 95.3. The standard InChI is InChI=1S/C25H29N2O.2C24H27N2O.C23H25N2O.C22H23N2O/c1-15-8-10-19-20-11-9-18(13-25(4,5)6)26-24(20)28-23(19)22(15)21-12-16(2)17(3)14-27(21)7;1-14-8-9-17-18-10-11-20(24(4,5)6)25-23(18)27-22(17)21(14)19-12-15(2)16(3)13-26(19)7;1-14(2)11-18-8-10-20-19-9-7-15(3)22(23(19)27-24(20)25-18)21-12-16(4)17(5)13-26(21)6;1-13(2)19-10-9-18-17-8-7-14(3)21(22(17)26-23(18)24-19)20-11-15(4)16(5)12-25(20)6;1-6-16-8-10-18-17-9-7-13(2)20(21(17)25-22(18)23-16)19-11-14(3)15(4)12-24(19)5/h8-12,14H,13H2,1-7H3;8-13H,1-7H3;7-10,12-14H,11H2,1-6H3;7-13H,1-6H3;7-12H,6H2,1-5H3/q5*+1. The normalized spacial score (nSPS) is 11.9. The van der Waals surface area contributed by atoms with E-state index < -0.39 is 0 Å². The van der Waals surface area contributed by atoms with Crippen molar-refractivity contribution in [3.63, 3.8) is 0 Å². The molecule has 133 heavy (non-hydrogen) atoms. The van der Waals surface area contributed by atoms with E-state index in [1.165, 1.54) is 106 Å². The van der Waals surface area contributed by atoms with Crippen LogP contribution in [0.15, 0.2) is 205 Å². The van der Waals surface area contributed by atoms with Crippen LogP contribution in [-0.2, 0) is 59.9 Å². The van der Waals surface area contributed by atoms with Crippen molar-refractivity contribution in [2.24, 2.45) is 46.6 Å². The molecular formula is C118H131N10O5+5. The maximum Gasteiger partial charge on any atom is 0.227 e. The number of fused-ring (bicyclic) bond motifs is 15. The summed E-state index contributed by atoms with van der Waals surface area (Å²) in [5.74, 6) is 0.957. The fourth-order valence-corrected chi connectivity index (χ4v) is 18.6. The Labute approximate surface area is 783 Å². The van der Waals surface area contributed by atoms with Gasteiger partial charge in [-0.3, -0.25) is 0 Å². The molecule has 0 aliphatic carbocycles. The van der Waals surface area contributed by atoms with Crippen molar-refractivity contribution < 1.29 is 44.9 Å². The van der Waals surface area contributed by atoms with Crippen LogP contribution in [0.5, 0.6) is 0 Å². The van der Waals surface area contributed by atoms with Gasteiger partial charge < -0.3 is 22.1 Å². The predicted molar refractivity (Wildman–Crippen MR) is 546 cm³/mol. The van der Waals surface area contributed by atoms with Crippen LogP contribution in [0.25, 0.3) is 167 Å². The van der Waals surface area contributed by atoms with Gasteiger partial charge in [0.1, 0.15) is 35.2 Å². The minimum absolute atomic E-state index is 0.00752. The molecule has 678 valence electrons. The van der Waals surface area contributed by atoms with Crippen LogP contribution in [0.4, 0.5) is 0 Å². The fourth-order valence-electron chi connectivity index (χ4n) is 18.6. The van der Waals surface area contributed by atoms with Gasteiger partial charge in [0, 0.05) is 146 Å². The number of aromatic nitrogens is 10. The van der Waals surface area contributed by atoms with E-state index in [1.54, 1.807) is 0 Å². The first kappa shape index (κ1) is 92.9. The van der Waals surface area contributed by atoms with Gasteiger partial charge in [-0.15, -0.1) is 0 Å². The van der Waals surface area contributed by atoms with Crippen LogP contribution in [0.1, 0.15) is 194 Å². The van der Waals surface area contributed by atoms with Crippen molar-refractivity contribution >= 4 is 110 Å². The summed E-state index contributed by atoms with van der Waals surface area (Å²) < 4.78 is 42.6. The first-order valence-corrected chi connectivity index (χ1v) is 47.0. The molecule has 5 aromatic carbocycles. The van der Waals surface area contributed by atoms with Crippen molar-refractivity contribution in [2.75, 3.05) is 0 Å². The number of hydrogen-bond acceptors (Lipinski definition) is 10. The monoisotopic (exact) mass is 1770 g/mol. The molecular weight excluding hydrogens is 1640 g/mol. The first-order valence-electron chi connectivity index (χ1n) is 47.0. The quantitative estimate of drug-likeness (QED) is 0.121. The third kappa shape index (κ3) is 18.2. The molecule has 0 saturated heterocycles. The highest BCUT2D eigenvalue weighted by Crippen LogP contribution is 2.44. The molecule has 0 aliphatic heterocycles. The van der Waals surface area contributed by atoms with Crippen LogP contribution < -0.4 is 22.8 Å². The van der Waals surface area contributed by atoms with Crippen molar-refractivity contribution in [2.45, 2.75) is 211 Å². The van der Waals surface area contributed by atoms with Crippen molar-refractivity contribution in [3.05, 3.63) is 295 Å². The Kier molecular flexibility index (Phi) is 25.3. The second kappa shape index (κ2) is 36.3. The van der Waals surface area contributed by atoms with Gasteiger partial charge in [-0.1, -0.05) is 137 Å². The van der Waals surface area contributed by atoms with Gasteiger partial charge in [-0.25, -0.2) is 47.8 Å². The summed E-state index contributed by atoms with van der Waals surface area (Å²) in [6.45, 7) is 56.3. The topological polar surface area (TPSA) is 150 Å². The Morgan fingerprint density at radius 3 is 0.797 bits per heavy atom. The number of nitrogens with zero attached hydrogens (tertiary/aromatic N) is 10. The van der Waals surface area contributed by atoms with Gasteiger partial charge in [-0.2, -0.15) is 0 Å². The molecule has 0 fully saturated rings. The number of benzene rings is 5. The average Bonchev–Trinajstić information content (AvgIpc) is 1.64. The zero-order valence-corrected chi connectivity index (χ0v) is 84.1. The minimum atomic E-state index is -0.00752. The molecule has 15 heterocycles. The summed E-state index contributed by atoms with van der Waals surface area (Å²) in [4.78, 5) is 23.9. The van der Waals surface area contributed by atoms with Gasteiger partial charge in [0.05, 0.1) is 27.8 Å². The second-order valence-electron chi connectivity index (χ2n) is 40.6. The Balaban J connectivity index is 0.000000121. The summed E-state index contributed by atoms with van der Waals surface area (Å²) in [6.07, 6.45) is 13.7. The lowest BCUT2D eigenvalue weighted by Gasteiger charge is -2.16. The molecule has 15 aromatic heterocycles. The Morgan fingerprint density at radius 2 is 0.519 bits per heavy atom. The molecule has 15 heteroatoms. The third-order valence-electron chi connectivity index (χ3n) is 26.8. The highest BCUT2D eigenvalue weighted by atomic mass is 16.4.